The summed E-state index contributed by atoms with van der Waals surface area (Å²) in [6, 6.07) is 5.11. The predicted octanol–water partition coefficient (Wildman–Crippen LogP) is 2.24. The molecule has 1 aromatic rings. The minimum absolute atomic E-state index is 0.0169. The van der Waals surface area contributed by atoms with Gasteiger partial charge in [-0.3, -0.25) is 9.59 Å². The van der Waals surface area contributed by atoms with Crippen molar-refractivity contribution in [3.8, 4) is 6.07 Å². The monoisotopic (exact) mass is 295 g/mol. The van der Waals surface area contributed by atoms with Crippen LogP contribution in [-0.2, 0) is 16.0 Å². The number of benzene rings is 1. The second kappa shape index (κ2) is 6.16. The quantitative estimate of drug-likeness (QED) is 0.631. The maximum absolute atomic E-state index is 11.4. The smallest absolute Gasteiger partial charge is 0.310 e. The highest BCUT2D eigenvalue weighted by atomic mass is 79.9. The van der Waals surface area contributed by atoms with Crippen molar-refractivity contribution in [3.05, 3.63) is 33.3 Å². The van der Waals surface area contributed by atoms with Crippen molar-refractivity contribution in [1.29, 1.82) is 5.26 Å². The number of hydrogen-bond donors (Lipinski definition) is 0. The number of nitriles is 1. The summed E-state index contributed by atoms with van der Waals surface area (Å²) in [5.74, 6) is -0.418. The molecule has 1 aromatic carbocycles. The van der Waals surface area contributed by atoms with Gasteiger partial charge in [0, 0.05) is 10.0 Å². The molecule has 0 N–H and O–H groups in total. The summed E-state index contributed by atoms with van der Waals surface area (Å²) in [5, 5.41) is 8.99. The Balaban J connectivity index is 3.14. The molecule has 0 aromatic heterocycles. The zero-order valence-electron chi connectivity index (χ0n) is 9.20. The molecule has 0 aliphatic carbocycles. The predicted molar refractivity (Wildman–Crippen MR) is 64.6 cm³/mol. The molecule has 0 radical (unpaired) electrons. The Morgan fingerprint density at radius 3 is 2.82 bits per heavy atom. The van der Waals surface area contributed by atoms with Gasteiger partial charge in [0.25, 0.3) is 0 Å². The molecule has 17 heavy (non-hydrogen) atoms. The van der Waals surface area contributed by atoms with Crippen molar-refractivity contribution in [2.75, 3.05) is 6.61 Å². The van der Waals surface area contributed by atoms with Crippen LogP contribution in [0.25, 0.3) is 0 Å². The summed E-state index contributed by atoms with van der Waals surface area (Å²) in [7, 11) is 0. The van der Waals surface area contributed by atoms with E-state index in [2.05, 4.69) is 15.9 Å². The molecule has 0 saturated heterocycles. The lowest BCUT2D eigenvalue weighted by atomic mass is 10.0. The van der Waals surface area contributed by atoms with Crippen molar-refractivity contribution in [1.82, 2.24) is 0 Å². The molecule has 0 atom stereocenters. The van der Waals surface area contributed by atoms with Crippen LogP contribution in [0.1, 0.15) is 28.4 Å². The van der Waals surface area contributed by atoms with Gasteiger partial charge < -0.3 is 4.74 Å². The number of ether oxygens (including phenoxy) is 1. The fourth-order valence-electron chi connectivity index (χ4n) is 1.42. The zero-order chi connectivity index (χ0) is 12.8. The van der Waals surface area contributed by atoms with Crippen molar-refractivity contribution >= 4 is 28.2 Å². The third-order valence-electron chi connectivity index (χ3n) is 2.09. The van der Waals surface area contributed by atoms with Gasteiger partial charge in [0.1, 0.15) is 6.07 Å². The van der Waals surface area contributed by atoms with Crippen LogP contribution in [0.2, 0.25) is 0 Å². The van der Waals surface area contributed by atoms with E-state index in [0.29, 0.717) is 16.3 Å². The highest BCUT2D eigenvalue weighted by molar-refractivity contribution is 9.10. The zero-order valence-corrected chi connectivity index (χ0v) is 10.8. The number of nitrogens with zero attached hydrogens (tertiary/aromatic N) is 1. The van der Waals surface area contributed by atoms with Crippen LogP contribution in [0, 0.1) is 11.3 Å². The molecule has 88 valence electrons. The molecule has 0 heterocycles. The Morgan fingerprint density at radius 1 is 1.59 bits per heavy atom. The van der Waals surface area contributed by atoms with E-state index in [0.717, 1.165) is 0 Å². The van der Waals surface area contributed by atoms with Gasteiger partial charge in [-0.05, 0) is 24.6 Å². The number of rotatable bonds is 4. The third kappa shape index (κ3) is 3.40. The SMILES string of the molecule is CCOC(=O)Cc1cc(Br)cc(C=O)c1C#N. The fraction of sp³-hybridized carbons (Fsp3) is 0.250. The van der Waals surface area contributed by atoms with E-state index in [1.807, 2.05) is 6.07 Å². The lowest BCUT2D eigenvalue weighted by Crippen LogP contribution is -2.09. The van der Waals surface area contributed by atoms with Crippen LogP contribution in [0.4, 0.5) is 0 Å². The lowest BCUT2D eigenvalue weighted by Gasteiger charge is -2.06. The minimum Gasteiger partial charge on any atom is -0.466 e. The van der Waals surface area contributed by atoms with E-state index in [-0.39, 0.29) is 24.2 Å². The van der Waals surface area contributed by atoms with Crippen LogP contribution in [0.15, 0.2) is 16.6 Å². The molecule has 0 amide bonds. The highest BCUT2D eigenvalue weighted by Gasteiger charge is 2.13. The van der Waals surface area contributed by atoms with Gasteiger partial charge in [0.05, 0.1) is 18.6 Å². The molecule has 5 heteroatoms. The Morgan fingerprint density at radius 2 is 2.29 bits per heavy atom. The summed E-state index contributed by atoms with van der Waals surface area (Å²) in [6.45, 7) is 2.00. The first-order valence-electron chi connectivity index (χ1n) is 4.95. The van der Waals surface area contributed by atoms with Gasteiger partial charge in [-0.15, -0.1) is 0 Å². The van der Waals surface area contributed by atoms with Crippen LogP contribution < -0.4 is 0 Å². The molecule has 0 spiro atoms. The molecular weight excluding hydrogens is 286 g/mol. The molecule has 0 aliphatic rings. The summed E-state index contributed by atoms with van der Waals surface area (Å²) < 4.78 is 5.46. The molecule has 0 aliphatic heterocycles. The average molecular weight is 296 g/mol. The Bertz CT molecular complexity index is 491. The van der Waals surface area contributed by atoms with Gasteiger partial charge >= 0.3 is 5.97 Å². The number of hydrogen-bond acceptors (Lipinski definition) is 4. The Labute approximate surface area is 107 Å². The number of carbonyl (C=O) groups is 2. The van der Waals surface area contributed by atoms with E-state index in [1.54, 1.807) is 19.1 Å². The van der Waals surface area contributed by atoms with E-state index >= 15 is 0 Å². The Hall–Kier alpha value is -1.67. The molecule has 0 bridgehead atoms. The van der Waals surface area contributed by atoms with Crippen LogP contribution in [0.3, 0.4) is 0 Å². The largest absolute Gasteiger partial charge is 0.466 e. The fourth-order valence-corrected chi connectivity index (χ4v) is 1.95. The number of aldehydes is 1. The summed E-state index contributed by atoms with van der Waals surface area (Å²) >= 11 is 3.23. The molecule has 0 unspecified atom stereocenters. The maximum Gasteiger partial charge on any atom is 0.310 e. The number of esters is 1. The van der Waals surface area contributed by atoms with Crippen LogP contribution in [-0.4, -0.2) is 18.9 Å². The maximum atomic E-state index is 11.4. The van der Waals surface area contributed by atoms with E-state index in [4.69, 9.17) is 10.00 Å². The highest BCUT2D eigenvalue weighted by Crippen LogP contribution is 2.21. The summed E-state index contributed by atoms with van der Waals surface area (Å²) in [5.41, 5.74) is 0.972. The van der Waals surface area contributed by atoms with Crippen molar-refractivity contribution in [2.45, 2.75) is 13.3 Å². The Kier molecular flexibility index (Phi) is 4.85. The standard InChI is InChI=1S/C12H10BrNO3/c1-2-17-12(16)5-8-3-10(13)4-9(7-15)11(8)6-14/h3-4,7H,2,5H2,1H3. The lowest BCUT2D eigenvalue weighted by molar-refractivity contribution is -0.142. The normalized spacial score (nSPS) is 9.47. The first-order chi connectivity index (χ1) is 8.12. The second-order valence-corrected chi connectivity index (χ2v) is 4.16. The van der Waals surface area contributed by atoms with Gasteiger partial charge in [-0.1, -0.05) is 15.9 Å². The van der Waals surface area contributed by atoms with Crippen molar-refractivity contribution in [3.63, 3.8) is 0 Å². The van der Waals surface area contributed by atoms with Gasteiger partial charge in [0.15, 0.2) is 6.29 Å². The van der Waals surface area contributed by atoms with Crippen LogP contribution >= 0.6 is 15.9 Å². The second-order valence-electron chi connectivity index (χ2n) is 3.24. The molecule has 0 fully saturated rings. The summed E-state index contributed by atoms with van der Waals surface area (Å²) in [4.78, 5) is 22.2. The first-order valence-corrected chi connectivity index (χ1v) is 5.75. The van der Waals surface area contributed by atoms with E-state index in [1.165, 1.54) is 0 Å². The minimum atomic E-state index is -0.418. The first kappa shape index (κ1) is 13.4. The van der Waals surface area contributed by atoms with Crippen molar-refractivity contribution < 1.29 is 14.3 Å². The van der Waals surface area contributed by atoms with Gasteiger partial charge in [-0.25, -0.2) is 0 Å². The van der Waals surface area contributed by atoms with Gasteiger partial charge in [-0.2, -0.15) is 5.26 Å². The van der Waals surface area contributed by atoms with E-state index < -0.39 is 5.97 Å². The average Bonchev–Trinajstić information content (AvgIpc) is 2.28. The number of carbonyl (C=O) groups excluding carboxylic acids is 2. The van der Waals surface area contributed by atoms with Gasteiger partial charge in [0.2, 0.25) is 0 Å². The van der Waals surface area contributed by atoms with E-state index in [9.17, 15) is 9.59 Å². The third-order valence-corrected chi connectivity index (χ3v) is 2.55. The molecular formula is C12H10BrNO3. The molecule has 1 rings (SSSR count). The molecule has 4 nitrogen and oxygen atoms in total. The van der Waals surface area contributed by atoms with Crippen LogP contribution in [0.5, 0.6) is 0 Å². The van der Waals surface area contributed by atoms with Crippen molar-refractivity contribution in [2.24, 2.45) is 0 Å². The summed E-state index contributed by atoms with van der Waals surface area (Å²) in [6.07, 6.45) is 0.578. The topological polar surface area (TPSA) is 67.2 Å². The molecule has 0 saturated carbocycles. The number of halogens is 1.